The highest BCUT2D eigenvalue weighted by atomic mass is 32.1. The van der Waals surface area contributed by atoms with Crippen LogP contribution in [0.5, 0.6) is 17.2 Å². The second-order valence-electron chi connectivity index (χ2n) is 6.45. The molecule has 150 valence electrons. The highest BCUT2D eigenvalue weighted by Gasteiger charge is 2.15. The average Bonchev–Trinajstić information content (AvgIpc) is 3.23. The fraction of sp³-hybridized carbons (Fsp3) is 0.0833. The number of hydrogen-bond donors (Lipinski definition) is 1. The molecule has 0 spiro atoms. The molecule has 1 heterocycles. The Hall–Kier alpha value is -3.64. The number of aromatic nitrogens is 1. The van der Waals surface area contributed by atoms with Crippen LogP contribution >= 0.6 is 11.3 Å². The highest BCUT2D eigenvalue weighted by Crippen LogP contribution is 2.41. The summed E-state index contributed by atoms with van der Waals surface area (Å²) in [7, 11) is 3.29. The molecule has 30 heavy (non-hydrogen) atoms. The summed E-state index contributed by atoms with van der Waals surface area (Å²) in [5.74, 6) is 1.77. The normalized spacial score (nSPS) is 11.0. The van der Waals surface area contributed by atoms with E-state index < -0.39 is 0 Å². The van der Waals surface area contributed by atoms with E-state index in [4.69, 9.17) is 14.5 Å². The number of para-hydroxylation sites is 1. The predicted octanol–water partition coefficient (Wildman–Crippen LogP) is 5.95. The van der Waals surface area contributed by atoms with Crippen molar-refractivity contribution in [1.82, 2.24) is 4.98 Å². The van der Waals surface area contributed by atoms with Crippen molar-refractivity contribution in [3.63, 3.8) is 0 Å². The van der Waals surface area contributed by atoms with Gasteiger partial charge in [-0.1, -0.05) is 23.5 Å². The van der Waals surface area contributed by atoms with Crippen molar-refractivity contribution in [2.45, 2.75) is 0 Å². The summed E-state index contributed by atoms with van der Waals surface area (Å²) in [5, 5.41) is 10.6. The Morgan fingerprint density at radius 3 is 2.03 bits per heavy atom. The van der Waals surface area contributed by atoms with Gasteiger partial charge in [-0.3, -0.25) is 0 Å². The third-order valence-corrected chi connectivity index (χ3v) is 5.59. The molecule has 0 bridgehead atoms. The van der Waals surface area contributed by atoms with E-state index in [-0.39, 0.29) is 5.75 Å². The van der Waals surface area contributed by atoms with Crippen molar-refractivity contribution in [3.8, 4) is 38.9 Å². The molecule has 0 aliphatic heterocycles. The maximum Gasteiger partial charge on any atom is 0.210 e. The molecule has 0 amide bonds. The first kappa shape index (κ1) is 19.7. The van der Waals surface area contributed by atoms with Crippen molar-refractivity contribution < 1.29 is 14.6 Å². The number of phenolic OH excluding ortho intramolecular Hbond substituents is 1. The summed E-state index contributed by atoms with van der Waals surface area (Å²) in [6.07, 6.45) is 1.63. The molecule has 0 saturated carbocycles. The molecular weight excluding hydrogens is 396 g/mol. The van der Waals surface area contributed by atoms with Crippen molar-refractivity contribution in [2.24, 2.45) is 4.99 Å². The van der Waals surface area contributed by atoms with E-state index in [0.29, 0.717) is 10.7 Å². The van der Waals surface area contributed by atoms with Crippen molar-refractivity contribution in [2.75, 3.05) is 14.2 Å². The van der Waals surface area contributed by atoms with Gasteiger partial charge in [-0.2, -0.15) is 0 Å². The number of benzene rings is 3. The Morgan fingerprint density at radius 1 is 0.833 bits per heavy atom. The molecule has 1 N–H and O–H groups in total. The van der Waals surface area contributed by atoms with Crippen LogP contribution in [0, 0.1) is 0 Å². The van der Waals surface area contributed by atoms with Crippen LogP contribution < -0.4 is 9.47 Å². The van der Waals surface area contributed by atoms with Gasteiger partial charge in [-0.25, -0.2) is 9.98 Å². The number of rotatable bonds is 6. The molecule has 5 nitrogen and oxygen atoms in total. The zero-order valence-corrected chi connectivity index (χ0v) is 17.4. The summed E-state index contributed by atoms with van der Waals surface area (Å²) < 4.78 is 10.5. The average molecular weight is 417 g/mol. The quantitative estimate of drug-likeness (QED) is 0.395. The lowest BCUT2D eigenvalue weighted by Gasteiger charge is -2.05. The first-order valence-corrected chi connectivity index (χ1v) is 10.1. The first-order valence-electron chi connectivity index (χ1n) is 9.29. The lowest BCUT2D eigenvalue weighted by Crippen LogP contribution is -1.86. The van der Waals surface area contributed by atoms with Crippen LogP contribution in [0.25, 0.3) is 21.7 Å². The number of aliphatic imine (C=N–C) groups is 1. The fourth-order valence-corrected chi connectivity index (χ4v) is 3.91. The van der Waals surface area contributed by atoms with Gasteiger partial charge in [0.2, 0.25) is 5.13 Å². The van der Waals surface area contributed by atoms with Gasteiger partial charge in [0.1, 0.15) is 17.2 Å². The lowest BCUT2D eigenvalue weighted by atomic mass is 10.1. The van der Waals surface area contributed by atoms with Crippen LogP contribution in [-0.4, -0.2) is 30.5 Å². The Balaban J connectivity index is 1.76. The molecule has 0 atom stereocenters. The zero-order valence-electron chi connectivity index (χ0n) is 16.6. The van der Waals surface area contributed by atoms with Crippen LogP contribution in [0.15, 0.2) is 77.8 Å². The van der Waals surface area contributed by atoms with E-state index in [1.165, 1.54) is 11.3 Å². The SMILES string of the molecule is COc1ccc(-c2nc(/N=C/c3ccccc3O)sc2-c2ccc(OC)cc2)cc1. The van der Waals surface area contributed by atoms with Crippen molar-refractivity contribution in [1.29, 1.82) is 0 Å². The minimum atomic E-state index is 0.184. The number of thiazole rings is 1. The maximum absolute atomic E-state index is 9.97. The third-order valence-electron chi connectivity index (χ3n) is 4.58. The van der Waals surface area contributed by atoms with Gasteiger partial charge in [0.05, 0.1) is 24.8 Å². The summed E-state index contributed by atoms with van der Waals surface area (Å²) in [6.45, 7) is 0. The molecular formula is C24H20N2O3S. The van der Waals surface area contributed by atoms with E-state index in [9.17, 15) is 5.11 Å². The predicted molar refractivity (Wildman–Crippen MR) is 121 cm³/mol. The lowest BCUT2D eigenvalue weighted by molar-refractivity contribution is 0.414. The molecule has 6 heteroatoms. The standard InChI is InChI=1S/C24H20N2O3S/c1-28-19-11-7-16(8-12-19)22-23(17-9-13-20(29-2)14-10-17)30-24(26-22)25-15-18-5-3-4-6-21(18)27/h3-15,27H,1-2H3/b25-15+. The molecule has 0 aliphatic rings. The maximum atomic E-state index is 9.97. The Morgan fingerprint density at radius 2 is 1.43 bits per heavy atom. The number of nitrogens with zero attached hydrogens (tertiary/aromatic N) is 2. The van der Waals surface area contributed by atoms with Gasteiger partial charge in [-0.05, 0) is 66.2 Å². The number of methoxy groups -OCH3 is 2. The third kappa shape index (κ3) is 4.18. The summed E-state index contributed by atoms with van der Waals surface area (Å²) >= 11 is 1.49. The smallest absolute Gasteiger partial charge is 0.210 e. The highest BCUT2D eigenvalue weighted by molar-refractivity contribution is 7.19. The minimum absolute atomic E-state index is 0.184. The second kappa shape index (κ2) is 8.80. The minimum Gasteiger partial charge on any atom is -0.507 e. The number of ether oxygens (including phenoxy) is 2. The monoisotopic (exact) mass is 416 g/mol. The molecule has 3 aromatic carbocycles. The molecule has 0 aliphatic carbocycles. The van der Waals surface area contributed by atoms with Gasteiger partial charge in [0.25, 0.3) is 0 Å². The Kier molecular flexibility index (Phi) is 5.77. The molecule has 4 aromatic rings. The molecule has 0 unspecified atom stereocenters. The number of aromatic hydroxyl groups is 1. The van der Waals surface area contributed by atoms with E-state index >= 15 is 0 Å². The molecule has 0 radical (unpaired) electrons. The number of hydrogen-bond acceptors (Lipinski definition) is 6. The van der Waals surface area contributed by atoms with Gasteiger partial charge < -0.3 is 14.6 Å². The summed E-state index contributed by atoms with van der Waals surface area (Å²) in [6, 6.07) is 22.7. The van der Waals surface area contributed by atoms with E-state index in [1.807, 2.05) is 54.6 Å². The molecule has 0 fully saturated rings. The zero-order chi connectivity index (χ0) is 20.9. The number of phenols is 1. The van der Waals surface area contributed by atoms with E-state index in [0.717, 1.165) is 33.2 Å². The van der Waals surface area contributed by atoms with E-state index in [2.05, 4.69) is 4.99 Å². The van der Waals surface area contributed by atoms with Crippen LogP contribution in [0.1, 0.15) is 5.56 Å². The van der Waals surface area contributed by atoms with Crippen molar-refractivity contribution in [3.05, 3.63) is 78.4 Å². The largest absolute Gasteiger partial charge is 0.507 e. The molecule has 0 saturated heterocycles. The topological polar surface area (TPSA) is 63.9 Å². The van der Waals surface area contributed by atoms with Gasteiger partial charge in [-0.15, -0.1) is 0 Å². The fourth-order valence-electron chi connectivity index (χ4n) is 2.97. The summed E-state index contributed by atoms with van der Waals surface area (Å²) in [5.41, 5.74) is 3.49. The van der Waals surface area contributed by atoms with Crippen molar-refractivity contribution >= 4 is 22.7 Å². The van der Waals surface area contributed by atoms with Gasteiger partial charge in [0.15, 0.2) is 0 Å². The Labute approximate surface area is 178 Å². The molecule has 1 aromatic heterocycles. The Bertz CT molecular complexity index is 1100. The van der Waals surface area contributed by atoms with Crippen LogP contribution in [0.3, 0.4) is 0 Å². The first-order chi connectivity index (χ1) is 14.7. The summed E-state index contributed by atoms with van der Waals surface area (Å²) in [4.78, 5) is 10.3. The van der Waals surface area contributed by atoms with Crippen LogP contribution in [0.2, 0.25) is 0 Å². The van der Waals surface area contributed by atoms with Gasteiger partial charge >= 0.3 is 0 Å². The van der Waals surface area contributed by atoms with Crippen LogP contribution in [0.4, 0.5) is 5.13 Å². The van der Waals surface area contributed by atoms with Gasteiger partial charge in [0, 0.05) is 17.3 Å². The second-order valence-corrected chi connectivity index (χ2v) is 7.43. The van der Waals surface area contributed by atoms with Crippen LogP contribution in [-0.2, 0) is 0 Å². The molecule has 4 rings (SSSR count). The van der Waals surface area contributed by atoms with E-state index in [1.54, 1.807) is 38.6 Å².